The van der Waals surface area contributed by atoms with Crippen LogP contribution in [0.3, 0.4) is 0 Å². The molecule has 7 nitrogen and oxygen atoms in total. The van der Waals surface area contributed by atoms with Crippen LogP contribution in [-0.4, -0.2) is 38.3 Å². The summed E-state index contributed by atoms with van der Waals surface area (Å²) in [6, 6.07) is 1.70. The Morgan fingerprint density at radius 2 is 2.00 bits per heavy atom. The van der Waals surface area contributed by atoms with Crippen molar-refractivity contribution in [1.29, 1.82) is 0 Å². The molecule has 126 valence electrons. The number of hydrogen-bond acceptors (Lipinski definition) is 4. The van der Waals surface area contributed by atoms with Crippen LogP contribution in [0.2, 0.25) is 0 Å². The molecule has 2 aliphatic carbocycles. The first kappa shape index (κ1) is 15.1. The van der Waals surface area contributed by atoms with Crippen molar-refractivity contribution in [2.24, 2.45) is 0 Å². The number of nitrogens with zero attached hydrogens (tertiary/aromatic N) is 3. The van der Waals surface area contributed by atoms with E-state index < -0.39 is 5.97 Å². The average Bonchev–Trinajstić information content (AvgIpc) is 3.44. The number of carbonyl (C=O) groups excluding carboxylic acids is 1. The molecule has 0 radical (unpaired) electrons. The van der Waals surface area contributed by atoms with Gasteiger partial charge in [-0.1, -0.05) is 0 Å². The molecule has 2 saturated carbocycles. The Morgan fingerprint density at radius 1 is 1.29 bits per heavy atom. The summed E-state index contributed by atoms with van der Waals surface area (Å²) in [6.07, 6.45) is 4.10. The maximum atomic E-state index is 12.0. The highest BCUT2D eigenvalue weighted by atomic mass is 16.4. The van der Waals surface area contributed by atoms with Crippen LogP contribution in [0.25, 0.3) is 11.0 Å². The minimum Gasteiger partial charge on any atom is -0.478 e. The smallest absolute Gasteiger partial charge is 0.336 e. The highest BCUT2D eigenvalue weighted by molar-refractivity contribution is 6.03. The van der Waals surface area contributed by atoms with E-state index in [9.17, 15) is 14.7 Å². The lowest BCUT2D eigenvalue weighted by Crippen LogP contribution is -2.27. The summed E-state index contributed by atoms with van der Waals surface area (Å²) >= 11 is 0. The lowest BCUT2D eigenvalue weighted by molar-refractivity contribution is -0.121. The molecule has 2 aromatic heterocycles. The van der Waals surface area contributed by atoms with Gasteiger partial charge >= 0.3 is 5.97 Å². The fraction of sp³-hybridized carbons (Fsp3) is 0.529. The van der Waals surface area contributed by atoms with Gasteiger partial charge in [-0.2, -0.15) is 5.10 Å². The molecule has 2 fully saturated rings. The lowest BCUT2D eigenvalue weighted by atomic mass is 10.1. The molecule has 4 rings (SSSR count). The second kappa shape index (κ2) is 5.58. The van der Waals surface area contributed by atoms with E-state index >= 15 is 0 Å². The number of rotatable bonds is 6. The largest absolute Gasteiger partial charge is 0.478 e. The van der Waals surface area contributed by atoms with Crippen molar-refractivity contribution in [3.05, 3.63) is 23.0 Å². The lowest BCUT2D eigenvalue weighted by Gasteiger charge is -2.06. The van der Waals surface area contributed by atoms with Gasteiger partial charge in [-0.15, -0.1) is 0 Å². The van der Waals surface area contributed by atoms with Crippen LogP contribution in [0.5, 0.6) is 0 Å². The monoisotopic (exact) mass is 328 g/mol. The van der Waals surface area contributed by atoms with Gasteiger partial charge in [0.2, 0.25) is 5.91 Å². The van der Waals surface area contributed by atoms with E-state index in [1.54, 1.807) is 10.7 Å². The van der Waals surface area contributed by atoms with E-state index in [-0.39, 0.29) is 23.9 Å². The van der Waals surface area contributed by atoms with Crippen molar-refractivity contribution < 1.29 is 14.7 Å². The van der Waals surface area contributed by atoms with E-state index in [4.69, 9.17) is 0 Å². The van der Waals surface area contributed by atoms with E-state index in [0.717, 1.165) is 37.1 Å². The summed E-state index contributed by atoms with van der Waals surface area (Å²) in [5.41, 5.74) is 2.39. The Balaban J connectivity index is 1.88. The number of carboxylic acids is 1. The molecule has 2 aliphatic rings. The third kappa shape index (κ3) is 2.64. The molecule has 0 aliphatic heterocycles. The summed E-state index contributed by atoms with van der Waals surface area (Å²) in [5, 5.41) is 17.6. The van der Waals surface area contributed by atoms with Crippen molar-refractivity contribution in [1.82, 2.24) is 20.1 Å². The summed E-state index contributed by atoms with van der Waals surface area (Å²) in [6.45, 7) is 2.48. The number of likely N-dealkylation sites (N-methyl/N-ethyl adjacent to an activating group) is 1. The van der Waals surface area contributed by atoms with Gasteiger partial charge in [0.1, 0.15) is 6.54 Å². The number of carboxylic acid groups (broad SMARTS) is 1. The van der Waals surface area contributed by atoms with Crippen molar-refractivity contribution >= 4 is 22.9 Å². The first-order chi connectivity index (χ1) is 11.6. The first-order valence-electron chi connectivity index (χ1n) is 8.49. The second-order valence-electron chi connectivity index (χ2n) is 6.64. The predicted molar refractivity (Wildman–Crippen MR) is 87.1 cm³/mol. The molecule has 7 heteroatoms. The van der Waals surface area contributed by atoms with E-state index in [2.05, 4.69) is 15.4 Å². The average molecular weight is 328 g/mol. The SMILES string of the molecule is CCNC(=O)Cn1nc(C2CC2)c2c(C(=O)O)cc(C3CC3)nc21. The summed E-state index contributed by atoms with van der Waals surface area (Å²) in [7, 11) is 0. The molecular weight excluding hydrogens is 308 g/mol. The third-order valence-electron chi connectivity index (χ3n) is 4.61. The Kier molecular flexibility index (Phi) is 3.51. The van der Waals surface area contributed by atoms with Gasteiger partial charge in [0.15, 0.2) is 5.65 Å². The minimum absolute atomic E-state index is 0.0667. The molecule has 1 amide bonds. The van der Waals surface area contributed by atoms with Crippen LogP contribution in [0, 0.1) is 0 Å². The minimum atomic E-state index is -0.955. The second-order valence-corrected chi connectivity index (χ2v) is 6.64. The maximum Gasteiger partial charge on any atom is 0.336 e. The van der Waals surface area contributed by atoms with Crippen LogP contribution in [0.1, 0.15) is 66.2 Å². The summed E-state index contributed by atoms with van der Waals surface area (Å²) < 4.78 is 1.58. The van der Waals surface area contributed by atoms with Gasteiger partial charge in [-0.3, -0.25) is 4.79 Å². The van der Waals surface area contributed by atoms with Crippen LogP contribution in [-0.2, 0) is 11.3 Å². The quantitative estimate of drug-likeness (QED) is 0.845. The van der Waals surface area contributed by atoms with Gasteiger partial charge in [0.25, 0.3) is 0 Å². The molecule has 0 saturated heterocycles. The van der Waals surface area contributed by atoms with Crippen LogP contribution < -0.4 is 5.32 Å². The van der Waals surface area contributed by atoms with Gasteiger partial charge < -0.3 is 10.4 Å². The van der Waals surface area contributed by atoms with Gasteiger partial charge in [-0.05, 0) is 38.7 Å². The first-order valence-corrected chi connectivity index (χ1v) is 8.49. The molecule has 2 heterocycles. The normalized spacial score (nSPS) is 17.2. The number of aromatic carboxylic acids is 1. The molecule has 0 atom stereocenters. The van der Waals surface area contributed by atoms with Gasteiger partial charge in [0, 0.05) is 24.1 Å². The van der Waals surface area contributed by atoms with Crippen molar-refractivity contribution in [3.63, 3.8) is 0 Å². The fourth-order valence-electron chi connectivity index (χ4n) is 3.12. The summed E-state index contributed by atoms with van der Waals surface area (Å²) in [5.74, 6) is -0.470. The Labute approximate surface area is 139 Å². The number of carbonyl (C=O) groups is 2. The van der Waals surface area contributed by atoms with Crippen molar-refractivity contribution in [3.8, 4) is 0 Å². The van der Waals surface area contributed by atoms with Gasteiger partial charge in [0.05, 0.1) is 16.6 Å². The topological polar surface area (TPSA) is 97.1 Å². The Bertz CT molecular complexity index is 834. The van der Waals surface area contributed by atoms with Gasteiger partial charge in [-0.25, -0.2) is 14.5 Å². The molecule has 0 aromatic carbocycles. The number of amides is 1. The highest BCUT2D eigenvalue weighted by Gasteiger charge is 2.34. The molecule has 0 spiro atoms. The van der Waals surface area contributed by atoms with Crippen molar-refractivity contribution in [2.45, 2.75) is 51.0 Å². The Morgan fingerprint density at radius 3 is 2.58 bits per heavy atom. The highest BCUT2D eigenvalue weighted by Crippen LogP contribution is 2.45. The number of hydrogen-bond donors (Lipinski definition) is 2. The zero-order chi connectivity index (χ0) is 16.8. The number of pyridine rings is 1. The molecule has 0 bridgehead atoms. The zero-order valence-electron chi connectivity index (χ0n) is 13.6. The van der Waals surface area contributed by atoms with Crippen LogP contribution >= 0.6 is 0 Å². The number of nitrogens with one attached hydrogen (secondary N) is 1. The molecule has 2 aromatic rings. The molecular formula is C17H20N4O3. The molecule has 0 unspecified atom stereocenters. The predicted octanol–water partition coefficient (Wildman–Crippen LogP) is 2.02. The third-order valence-corrected chi connectivity index (χ3v) is 4.61. The number of fused-ring (bicyclic) bond motifs is 1. The number of aromatic nitrogens is 3. The molecule has 2 N–H and O–H groups in total. The van der Waals surface area contributed by atoms with E-state index in [1.807, 2.05) is 6.92 Å². The standard InChI is InChI=1S/C17H20N4O3/c1-2-18-13(22)8-21-16-14(15(20-21)10-5-6-10)11(17(23)24)7-12(19-16)9-3-4-9/h7,9-10H,2-6,8H2,1H3,(H,18,22)(H,23,24). The fourth-order valence-corrected chi connectivity index (χ4v) is 3.12. The van der Waals surface area contributed by atoms with Crippen LogP contribution in [0.4, 0.5) is 0 Å². The molecule has 24 heavy (non-hydrogen) atoms. The van der Waals surface area contributed by atoms with Crippen molar-refractivity contribution in [2.75, 3.05) is 6.54 Å². The van der Waals surface area contributed by atoms with Crippen LogP contribution in [0.15, 0.2) is 6.07 Å². The van der Waals surface area contributed by atoms with E-state index in [1.165, 1.54) is 0 Å². The maximum absolute atomic E-state index is 12.0. The van der Waals surface area contributed by atoms with E-state index in [0.29, 0.717) is 23.5 Å². The zero-order valence-corrected chi connectivity index (χ0v) is 13.6. The summed E-state index contributed by atoms with van der Waals surface area (Å²) in [4.78, 5) is 28.5. The Hall–Kier alpha value is -2.44.